The number of allylic oxidation sites excluding steroid dienone is 4. The number of hydrogen-bond donors (Lipinski definition) is 2. The molecule has 0 aromatic heterocycles. The summed E-state index contributed by atoms with van der Waals surface area (Å²) in [4.78, 5) is 59.6. The second kappa shape index (κ2) is 20.2. The number of aliphatic hydroxyl groups excluding tert-OH is 1. The van der Waals surface area contributed by atoms with Crippen LogP contribution in [0.4, 0.5) is 0 Å². The molecule has 2 aliphatic carbocycles. The van der Waals surface area contributed by atoms with Gasteiger partial charge in [-0.25, -0.2) is 4.79 Å². The Morgan fingerprint density at radius 1 is 1.02 bits per heavy atom. The van der Waals surface area contributed by atoms with E-state index in [9.17, 15) is 29.4 Å². The van der Waals surface area contributed by atoms with Gasteiger partial charge in [0.15, 0.2) is 11.6 Å². The Balaban J connectivity index is 0.000000882. The van der Waals surface area contributed by atoms with Crippen LogP contribution in [0.5, 0.6) is 0 Å². The number of esters is 2. The van der Waals surface area contributed by atoms with Crippen LogP contribution < -0.4 is 40.1 Å². The molecule has 0 amide bonds. The summed E-state index contributed by atoms with van der Waals surface area (Å²) in [6, 6.07) is 0. The van der Waals surface area contributed by atoms with Gasteiger partial charge in [-0.05, 0) is 18.3 Å². The SMILES string of the molecule is C=CCO/N=C(\CCC)C1=C(O)CC(C)(C)C(C(=O)OC)C1=O.C=CCON/C(CCC)=C1\C(=O)CC(C)(C)C(C(=O)OC)=C1[O-].[Na+]. The molecule has 1 atom stereocenters. The Morgan fingerprint density at radius 2 is 1.62 bits per heavy atom. The van der Waals surface area contributed by atoms with Crippen molar-refractivity contribution in [1.82, 2.24) is 5.48 Å². The molecule has 0 heterocycles. The molecule has 0 saturated carbocycles. The van der Waals surface area contributed by atoms with Crippen molar-refractivity contribution in [3.8, 4) is 0 Å². The quantitative estimate of drug-likeness (QED) is 0.0401. The second-order valence-electron chi connectivity index (χ2n) is 12.2. The molecule has 0 fully saturated rings. The average Bonchev–Trinajstić information content (AvgIpc) is 2.96. The number of carbonyl (C=O) groups is 4. The number of ether oxygens (including phenoxy) is 2. The first-order valence-electron chi connectivity index (χ1n) is 15.2. The molecule has 0 spiro atoms. The van der Waals surface area contributed by atoms with E-state index in [1.54, 1.807) is 33.8 Å². The second-order valence-corrected chi connectivity index (χ2v) is 12.2. The van der Waals surface area contributed by atoms with Crippen LogP contribution in [0.15, 0.2) is 64.4 Å². The van der Waals surface area contributed by atoms with Gasteiger partial charge in [0.25, 0.3) is 0 Å². The van der Waals surface area contributed by atoms with E-state index in [2.05, 4.69) is 23.8 Å². The van der Waals surface area contributed by atoms with Crippen molar-refractivity contribution in [2.45, 2.75) is 80.1 Å². The predicted octanol–water partition coefficient (Wildman–Crippen LogP) is 1.48. The summed E-state index contributed by atoms with van der Waals surface area (Å²) in [6.45, 7) is 18.2. The summed E-state index contributed by atoms with van der Waals surface area (Å²) in [5.74, 6) is -3.70. The van der Waals surface area contributed by atoms with E-state index in [0.717, 1.165) is 0 Å². The summed E-state index contributed by atoms with van der Waals surface area (Å²) in [7, 11) is 2.47. The Morgan fingerprint density at radius 3 is 2.13 bits per heavy atom. The zero-order valence-electron chi connectivity index (χ0n) is 29.4. The largest absolute Gasteiger partial charge is 1.00 e. The molecule has 0 aromatic carbocycles. The Labute approximate surface area is 300 Å². The van der Waals surface area contributed by atoms with Crippen molar-refractivity contribution < 1.29 is 78.1 Å². The van der Waals surface area contributed by atoms with Gasteiger partial charge in [-0.15, -0.1) is 6.58 Å². The number of hydroxylamine groups is 1. The first-order chi connectivity index (χ1) is 21.6. The van der Waals surface area contributed by atoms with Gasteiger partial charge < -0.3 is 24.5 Å². The van der Waals surface area contributed by atoms with Gasteiger partial charge in [-0.3, -0.25) is 24.7 Å². The van der Waals surface area contributed by atoms with Gasteiger partial charge in [-0.2, -0.15) is 0 Å². The number of nitrogens with one attached hydrogen (secondary N) is 1. The van der Waals surface area contributed by atoms with E-state index in [4.69, 9.17) is 19.1 Å². The van der Waals surface area contributed by atoms with E-state index < -0.39 is 40.2 Å². The van der Waals surface area contributed by atoms with Gasteiger partial charge >= 0.3 is 41.5 Å². The Bertz CT molecular complexity index is 1310. The molecule has 12 nitrogen and oxygen atoms in total. The minimum Gasteiger partial charge on any atom is -0.872 e. The first kappa shape index (κ1) is 43.8. The first-order valence-corrected chi connectivity index (χ1v) is 15.2. The van der Waals surface area contributed by atoms with Crippen molar-refractivity contribution >= 4 is 29.2 Å². The van der Waals surface area contributed by atoms with Gasteiger partial charge in [0.05, 0.1) is 32.1 Å². The molecular formula is C34H49N2NaO10. The van der Waals surface area contributed by atoms with E-state index in [0.29, 0.717) is 37.1 Å². The van der Waals surface area contributed by atoms with Gasteiger partial charge in [0.1, 0.15) is 18.3 Å². The summed E-state index contributed by atoms with van der Waals surface area (Å²) >= 11 is 0. The van der Waals surface area contributed by atoms with E-state index in [1.807, 2.05) is 13.8 Å². The third kappa shape index (κ3) is 11.5. The molecule has 47 heavy (non-hydrogen) atoms. The number of Topliss-reactive ketones (excluding diaryl/α,β-unsaturated/α-hetero) is 2. The zero-order valence-corrected chi connectivity index (χ0v) is 31.4. The van der Waals surface area contributed by atoms with E-state index in [1.165, 1.54) is 20.3 Å². The molecule has 0 saturated heterocycles. The maximum absolute atomic E-state index is 12.8. The summed E-state index contributed by atoms with van der Waals surface area (Å²) in [5.41, 5.74) is 1.87. The average molecular weight is 669 g/mol. The fourth-order valence-corrected chi connectivity index (χ4v) is 5.32. The number of oxime groups is 1. The smallest absolute Gasteiger partial charge is 0.872 e. The topological polar surface area (TPSA) is 173 Å². The minimum atomic E-state index is -0.972. The van der Waals surface area contributed by atoms with Gasteiger partial charge in [-0.1, -0.05) is 84.0 Å². The van der Waals surface area contributed by atoms with Crippen molar-refractivity contribution in [1.29, 1.82) is 0 Å². The van der Waals surface area contributed by atoms with Crippen molar-refractivity contribution in [3.05, 3.63) is 59.2 Å². The predicted molar refractivity (Wildman–Crippen MR) is 171 cm³/mol. The number of carbonyl (C=O) groups excluding carboxylic acids is 4. The molecular weight excluding hydrogens is 619 g/mol. The van der Waals surface area contributed by atoms with Crippen molar-refractivity contribution in [2.24, 2.45) is 21.9 Å². The summed E-state index contributed by atoms with van der Waals surface area (Å²) < 4.78 is 9.49. The monoisotopic (exact) mass is 668 g/mol. The van der Waals surface area contributed by atoms with Crippen molar-refractivity contribution in [3.63, 3.8) is 0 Å². The number of hydrogen-bond acceptors (Lipinski definition) is 12. The normalized spacial score (nSPS) is 19.8. The van der Waals surface area contributed by atoms with Crippen LogP contribution in [-0.4, -0.2) is 61.8 Å². The van der Waals surface area contributed by atoms with Crippen LogP contribution in [0, 0.1) is 16.7 Å². The number of rotatable bonds is 14. The number of ketones is 2. The maximum Gasteiger partial charge on any atom is 1.00 e. The number of nitrogens with zero attached hydrogens (tertiary/aromatic N) is 1. The van der Waals surface area contributed by atoms with Crippen LogP contribution >= 0.6 is 0 Å². The molecule has 2 aliphatic rings. The van der Waals surface area contributed by atoms with Gasteiger partial charge in [0.2, 0.25) is 0 Å². The molecule has 2 N–H and O–H groups in total. The third-order valence-corrected chi connectivity index (χ3v) is 7.38. The van der Waals surface area contributed by atoms with Crippen LogP contribution in [0.3, 0.4) is 0 Å². The molecule has 0 aromatic rings. The van der Waals surface area contributed by atoms with E-state index >= 15 is 0 Å². The minimum absolute atomic E-state index is 0. The van der Waals surface area contributed by atoms with Crippen LogP contribution in [0.25, 0.3) is 0 Å². The van der Waals surface area contributed by atoms with Crippen LogP contribution in [-0.2, 0) is 38.3 Å². The number of methoxy groups -OCH3 is 2. The van der Waals surface area contributed by atoms with Crippen LogP contribution in [0.2, 0.25) is 0 Å². The summed E-state index contributed by atoms with van der Waals surface area (Å²) in [6.07, 6.45) is 5.67. The molecule has 1 unspecified atom stereocenters. The molecule has 13 heteroatoms. The molecule has 256 valence electrons. The Hall–Kier alpha value is -3.19. The zero-order chi connectivity index (χ0) is 35.2. The Kier molecular flexibility index (Phi) is 18.9. The number of aliphatic hydroxyl groups is 1. The molecule has 0 aliphatic heterocycles. The fraction of sp³-hybridized carbons (Fsp3) is 0.559. The summed E-state index contributed by atoms with van der Waals surface area (Å²) in [5, 5.41) is 27.1. The standard InChI is InChI=1S/2C17H25NO5.Na/c2*1-6-8-11(18-23-9-7-2)13-12(19)10-17(3,4)14(15(13)20)16(21)22-5;/h7,18,20H,2,6,8-10H2,1,3-5H3;7,14,19H,2,6,8-10H2,1,3-5H3;/q;;+1/p-1/b13-11+;18-11+;. The molecule has 0 bridgehead atoms. The van der Waals surface area contributed by atoms with Crippen LogP contribution in [0.1, 0.15) is 80.1 Å². The third-order valence-electron chi connectivity index (χ3n) is 7.38. The fourth-order valence-electron chi connectivity index (χ4n) is 5.32. The molecule has 0 radical (unpaired) electrons. The maximum atomic E-state index is 12.8. The van der Waals surface area contributed by atoms with Gasteiger partial charge in [0, 0.05) is 35.1 Å². The van der Waals surface area contributed by atoms with Crippen molar-refractivity contribution in [2.75, 3.05) is 27.4 Å². The van der Waals surface area contributed by atoms with E-state index in [-0.39, 0.29) is 83.9 Å². The molecule has 2 rings (SSSR count).